The highest BCUT2D eigenvalue weighted by Gasteiger charge is 2.19. The molecule has 0 aliphatic rings. The number of nitrogens with two attached hydrogens (primary N) is 1. The third-order valence-electron chi connectivity index (χ3n) is 3.86. The van der Waals surface area contributed by atoms with Crippen LogP contribution in [0.4, 0.5) is 4.39 Å². The van der Waals surface area contributed by atoms with Crippen molar-refractivity contribution in [1.29, 1.82) is 0 Å². The number of hydrogen-bond acceptors (Lipinski definition) is 3. The molecule has 0 radical (unpaired) electrons. The van der Waals surface area contributed by atoms with Gasteiger partial charge in [-0.3, -0.25) is 4.79 Å². The number of nitrogens with zero attached hydrogens (tertiary/aromatic N) is 2. The third kappa shape index (κ3) is 4.55. The molecule has 0 aliphatic heterocycles. The lowest BCUT2D eigenvalue weighted by molar-refractivity contribution is 0.0935. The average Bonchev–Trinajstić information content (AvgIpc) is 2.93. The molecule has 1 heterocycles. The molecule has 0 aliphatic carbocycles. The summed E-state index contributed by atoms with van der Waals surface area (Å²) in [6.45, 7) is 4.24. The van der Waals surface area contributed by atoms with Crippen molar-refractivity contribution in [3.8, 4) is 5.69 Å². The lowest BCUT2D eigenvalue weighted by atomic mass is 10.1. The van der Waals surface area contributed by atoms with E-state index in [9.17, 15) is 9.18 Å². The number of nitrogens with one attached hydrogen (secondary N) is 1. The Morgan fingerprint density at radius 1 is 1.42 bits per heavy atom. The van der Waals surface area contributed by atoms with Gasteiger partial charge in [0.2, 0.25) is 0 Å². The number of para-hydroxylation sites is 1. The molecular formula is C17H24ClFN4O. The maximum Gasteiger partial charge on any atom is 0.255 e. The Morgan fingerprint density at radius 3 is 2.75 bits per heavy atom. The first-order chi connectivity index (χ1) is 11.1. The summed E-state index contributed by atoms with van der Waals surface area (Å²) in [4.78, 5) is 12.4. The number of unbranched alkanes of at least 4 members (excludes halogenated alkanes) is 1. The zero-order chi connectivity index (χ0) is 16.8. The standard InChI is InChI=1S/C17H23FN4O.ClH/c1-3-4-7-13(10-19)21-17(23)14-11-20-22(12(14)2)16-9-6-5-8-15(16)18;/h5-6,8-9,11,13H,3-4,7,10,19H2,1-2H3,(H,21,23);1H. The lowest BCUT2D eigenvalue weighted by Crippen LogP contribution is -2.40. The number of amides is 1. The zero-order valence-corrected chi connectivity index (χ0v) is 14.8. The van der Waals surface area contributed by atoms with Crippen LogP contribution in [0.2, 0.25) is 0 Å². The highest BCUT2D eigenvalue weighted by Crippen LogP contribution is 2.17. The average molecular weight is 355 g/mol. The van der Waals surface area contributed by atoms with Gasteiger partial charge in [-0.05, 0) is 25.5 Å². The van der Waals surface area contributed by atoms with Crippen LogP contribution in [0.15, 0.2) is 30.5 Å². The van der Waals surface area contributed by atoms with Crippen LogP contribution in [0.3, 0.4) is 0 Å². The molecule has 5 nitrogen and oxygen atoms in total. The van der Waals surface area contributed by atoms with Gasteiger partial charge >= 0.3 is 0 Å². The van der Waals surface area contributed by atoms with E-state index in [1.54, 1.807) is 25.1 Å². The van der Waals surface area contributed by atoms with Crippen molar-refractivity contribution in [2.75, 3.05) is 6.54 Å². The molecule has 0 fully saturated rings. The van der Waals surface area contributed by atoms with Crippen molar-refractivity contribution in [2.45, 2.75) is 39.2 Å². The first-order valence-corrected chi connectivity index (χ1v) is 7.89. The van der Waals surface area contributed by atoms with Crippen molar-refractivity contribution in [3.05, 3.63) is 47.5 Å². The van der Waals surface area contributed by atoms with E-state index in [1.165, 1.54) is 16.9 Å². The summed E-state index contributed by atoms with van der Waals surface area (Å²) in [6, 6.07) is 6.28. The molecule has 0 saturated heterocycles. The topological polar surface area (TPSA) is 72.9 Å². The third-order valence-corrected chi connectivity index (χ3v) is 3.86. The molecule has 1 aromatic carbocycles. The second-order valence-corrected chi connectivity index (χ2v) is 5.56. The minimum atomic E-state index is -0.381. The first-order valence-electron chi connectivity index (χ1n) is 7.89. The SMILES string of the molecule is CCCCC(CN)NC(=O)c1cnn(-c2ccccc2F)c1C.Cl. The van der Waals surface area contributed by atoms with Crippen LogP contribution >= 0.6 is 12.4 Å². The summed E-state index contributed by atoms with van der Waals surface area (Å²) in [6.07, 6.45) is 4.37. The van der Waals surface area contributed by atoms with E-state index in [-0.39, 0.29) is 30.2 Å². The summed E-state index contributed by atoms with van der Waals surface area (Å²) >= 11 is 0. The Labute approximate surface area is 147 Å². The quantitative estimate of drug-likeness (QED) is 0.802. The van der Waals surface area contributed by atoms with Gasteiger partial charge in [-0.15, -0.1) is 12.4 Å². The number of halogens is 2. The summed E-state index contributed by atoms with van der Waals surface area (Å²) in [5, 5.41) is 7.07. The minimum Gasteiger partial charge on any atom is -0.348 e. The molecule has 2 aromatic rings. The van der Waals surface area contributed by atoms with Crippen LogP contribution in [0.5, 0.6) is 0 Å². The van der Waals surface area contributed by atoms with Crippen LogP contribution in [0.25, 0.3) is 5.69 Å². The van der Waals surface area contributed by atoms with Gasteiger partial charge in [-0.2, -0.15) is 5.10 Å². The van der Waals surface area contributed by atoms with E-state index in [1.807, 2.05) is 0 Å². The fourth-order valence-electron chi connectivity index (χ4n) is 2.46. The van der Waals surface area contributed by atoms with E-state index in [4.69, 9.17) is 5.73 Å². The molecule has 1 unspecified atom stereocenters. The van der Waals surface area contributed by atoms with E-state index in [2.05, 4.69) is 17.3 Å². The van der Waals surface area contributed by atoms with Gasteiger partial charge < -0.3 is 11.1 Å². The van der Waals surface area contributed by atoms with Crippen molar-refractivity contribution in [2.24, 2.45) is 5.73 Å². The van der Waals surface area contributed by atoms with Gasteiger partial charge in [0, 0.05) is 12.6 Å². The first kappa shape index (κ1) is 20.1. The van der Waals surface area contributed by atoms with Crippen LogP contribution in [0.1, 0.15) is 42.2 Å². The number of benzene rings is 1. The lowest BCUT2D eigenvalue weighted by Gasteiger charge is -2.16. The normalized spacial score (nSPS) is 11.7. The maximum atomic E-state index is 13.9. The Bertz CT molecular complexity index is 674. The van der Waals surface area contributed by atoms with Gasteiger partial charge in [0.25, 0.3) is 5.91 Å². The van der Waals surface area contributed by atoms with Crippen LogP contribution in [0, 0.1) is 12.7 Å². The highest BCUT2D eigenvalue weighted by molar-refractivity contribution is 5.95. The molecule has 24 heavy (non-hydrogen) atoms. The summed E-state index contributed by atoms with van der Waals surface area (Å²) in [5.41, 5.74) is 7.06. The van der Waals surface area contributed by atoms with Gasteiger partial charge in [0.15, 0.2) is 0 Å². The Kier molecular flexibility index (Phi) is 7.88. The van der Waals surface area contributed by atoms with Gasteiger partial charge in [-0.25, -0.2) is 9.07 Å². The Hall–Kier alpha value is -1.92. The molecule has 1 amide bonds. The predicted molar refractivity (Wildman–Crippen MR) is 95.3 cm³/mol. The number of carbonyl (C=O) groups excluding carboxylic acids is 1. The second kappa shape index (κ2) is 9.39. The van der Waals surface area contributed by atoms with Gasteiger partial charge in [0.1, 0.15) is 11.5 Å². The van der Waals surface area contributed by atoms with Crippen molar-refractivity contribution in [1.82, 2.24) is 15.1 Å². The number of rotatable bonds is 7. The molecule has 0 saturated carbocycles. The van der Waals surface area contributed by atoms with E-state index < -0.39 is 0 Å². The highest BCUT2D eigenvalue weighted by atomic mass is 35.5. The van der Waals surface area contributed by atoms with Crippen molar-refractivity contribution >= 4 is 18.3 Å². The summed E-state index contributed by atoms with van der Waals surface area (Å²) in [7, 11) is 0. The number of carbonyl (C=O) groups is 1. The predicted octanol–water partition coefficient (Wildman–Crippen LogP) is 2.99. The van der Waals surface area contributed by atoms with Crippen LogP contribution in [-0.2, 0) is 0 Å². The number of aromatic nitrogens is 2. The Balaban J connectivity index is 0.00000288. The molecule has 0 bridgehead atoms. The smallest absolute Gasteiger partial charge is 0.255 e. The Morgan fingerprint density at radius 2 is 2.12 bits per heavy atom. The largest absolute Gasteiger partial charge is 0.348 e. The monoisotopic (exact) mass is 354 g/mol. The van der Waals surface area contributed by atoms with Crippen molar-refractivity contribution < 1.29 is 9.18 Å². The summed E-state index contributed by atoms with van der Waals surface area (Å²) in [5.74, 6) is -0.606. The summed E-state index contributed by atoms with van der Waals surface area (Å²) < 4.78 is 15.3. The van der Waals surface area contributed by atoms with Crippen molar-refractivity contribution in [3.63, 3.8) is 0 Å². The van der Waals surface area contributed by atoms with E-state index in [0.29, 0.717) is 23.5 Å². The molecule has 1 aromatic heterocycles. The fourth-order valence-corrected chi connectivity index (χ4v) is 2.46. The molecule has 132 valence electrons. The zero-order valence-electron chi connectivity index (χ0n) is 14.0. The second-order valence-electron chi connectivity index (χ2n) is 5.56. The molecule has 1 atom stereocenters. The van der Waals surface area contributed by atoms with Gasteiger partial charge in [-0.1, -0.05) is 31.9 Å². The molecule has 0 spiro atoms. The number of hydrogen-bond donors (Lipinski definition) is 2. The van der Waals surface area contributed by atoms with Crippen LogP contribution in [-0.4, -0.2) is 28.3 Å². The molecule has 2 rings (SSSR count). The molecule has 3 N–H and O–H groups in total. The maximum absolute atomic E-state index is 13.9. The molecular weight excluding hydrogens is 331 g/mol. The van der Waals surface area contributed by atoms with Crippen LogP contribution < -0.4 is 11.1 Å². The van der Waals surface area contributed by atoms with Gasteiger partial charge in [0.05, 0.1) is 17.5 Å². The van der Waals surface area contributed by atoms with E-state index >= 15 is 0 Å². The minimum absolute atomic E-state index is 0. The van der Waals surface area contributed by atoms with E-state index in [0.717, 1.165) is 19.3 Å². The molecule has 7 heteroatoms. The fraction of sp³-hybridized carbons (Fsp3) is 0.412.